The molecule has 3 aromatic rings. The minimum atomic E-state index is -0.707. The zero-order valence-electron chi connectivity index (χ0n) is 18.6. The first kappa shape index (κ1) is 24.5. The van der Waals surface area contributed by atoms with Crippen molar-refractivity contribution in [3.8, 4) is 17.6 Å². The number of nitro benzene ring substituents is 1. The van der Waals surface area contributed by atoms with Gasteiger partial charge in [-0.1, -0.05) is 30.3 Å². The molecule has 0 atom stereocenters. The third kappa shape index (κ3) is 6.90. The highest BCUT2D eigenvalue weighted by Gasteiger charge is 2.12. The zero-order valence-corrected chi connectivity index (χ0v) is 18.6. The lowest BCUT2D eigenvalue weighted by molar-refractivity contribution is -0.384. The number of non-ortho nitro benzene ring substituents is 1. The first-order chi connectivity index (χ1) is 16.9. The number of carbonyl (C=O) groups is 2. The summed E-state index contributed by atoms with van der Waals surface area (Å²) in [6.07, 6.45) is 1.37. The van der Waals surface area contributed by atoms with Crippen LogP contribution in [0.25, 0.3) is 6.08 Å². The molecule has 176 valence electrons. The summed E-state index contributed by atoms with van der Waals surface area (Å²) in [6, 6.07) is 20.6. The van der Waals surface area contributed by atoms with Crippen LogP contribution in [0.15, 0.2) is 78.4 Å². The molecule has 0 heterocycles. The van der Waals surface area contributed by atoms with Crippen molar-refractivity contribution in [3.63, 3.8) is 0 Å². The quantitative estimate of drug-likeness (QED) is 0.206. The van der Waals surface area contributed by atoms with Gasteiger partial charge in [-0.15, -0.1) is 0 Å². The molecule has 0 aliphatic carbocycles. The van der Waals surface area contributed by atoms with Crippen molar-refractivity contribution in [2.45, 2.75) is 0 Å². The number of carbonyl (C=O) groups excluding carboxylic acids is 2. The molecule has 0 saturated heterocycles. The van der Waals surface area contributed by atoms with Gasteiger partial charge in [-0.25, -0.2) is 0 Å². The molecule has 10 nitrogen and oxygen atoms in total. The fourth-order valence-electron chi connectivity index (χ4n) is 2.95. The third-order valence-corrected chi connectivity index (χ3v) is 4.62. The monoisotopic (exact) mass is 472 g/mol. The SMILES string of the molecule is COc1ccccc1NC(=O)COc1ccc(C=C(C#N)C(=O)Nc2cccc([N+](=O)[O-])c2)cc1. The van der Waals surface area contributed by atoms with Crippen molar-refractivity contribution in [1.82, 2.24) is 0 Å². The Morgan fingerprint density at radius 3 is 2.49 bits per heavy atom. The number of methoxy groups -OCH3 is 1. The van der Waals surface area contributed by atoms with Crippen LogP contribution in [-0.2, 0) is 9.59 Å². The fourth-order valence-corrected chi connectivity index (χ4v) is 2.95. The van der Waals surface area contributed by atoms with Gasteiger partial charge in [0.2, 0.25) is 0 Å². The van der Waals surface area contributed by atoms with E-state index in [0.29, 0.717) is 22.7 Å². The van der Waals surface area contributed by atoms with Crippen LogP contribution in [0.3, 0.4) is 0 Å². The zero-order chi connectivity index (χ0) is 25.2. The molecule has 3 aromatic carbocycles. The van der Waals surface area contributed by atoms with Crippen molar-refractivity contribution in [2.75, 3.05) is 24.4 Å². The van der Waals surface area contributed by atoms with Gasteiger partial charge >= 0.3 is 0 Å². The van der Waals surface area contributed by atoms with Gasteiger partial charge in [-0.2, -0.15) is 5.26 Å². The molecule has 0 radical (unpaired) electrons. The van der Waals surface area contributed by atoms with Crippen LogP contribution < -0.4 is 20.1 Å². The summed E-state index contributed by atoms with van der Waals surface area (Å²) in [5.41, 5.74) is 0.886. The number of nitro groups is 1. The highest BCUT2D eigenvalue weighted by Crippen LogP contribution is 2.23. The third-order valence-electron chi connectivity index (χ3n) is 4.62. The van der Waals surface area contributed by atoms with E-state index in [9.17, 15) is 25.0 Å². The molecule has 0 fully saturated rings. The predicted octanol–water partition coefficient (Wildman–Crippen LogP) is 4.17. The summed E-state index contributed by atoms with van der Waals surface area (Å²) in [4.78, 5) is 34.9. The average Bonchev–Trinajstić information content (AvgIpc) is 2.87. The Hall–Kier alpha value is -5.17. The Bertz CT molecular complexity index is 1310. The van der Waals surface area contributed by atoms with Gasteiger partial charge in [0.1, 0.15) is 23.1 Å². The van der Waals surface area contributed by atoms with Crippen molar-refractivity contribution in [2.24, 2.45) is 0 Å². The lowest BCUT2D eigenvalue weighted by Crippen LogP contribution is -2.20. The van der Waals surface area contributed by atoms with Gasteiger partial charge in [0.05, 0.1) is 17.7 Å². The van der Waals surface area contributed by atoms with Crippen LogP contribution in [0.4, 0.5) is 17.1 Å². The molecule has 0 unspecified atom stereocenters. The Kier molecular flexibility index (Phi) is 8.13. The Balaban J connectivity index is 1.59. The van der Waals surface area contributed by atoms with E-state index < -0.39 is 10.8 Å². The minimum Gasteiger partial charge on any atom is -0.495 e. The molecule has 0 saturated carbocycles. The van der Waals surface area contributed by atoms with Gasteiger partial charge in [0.15, 0.2) is 6.61 Å². The summed E-state index contributed by atoms with van der Waals surface area (Å²) in [6.45, 7) is -0.234. The van der Waals surface area contributed by atoms with Gasteiger partial charge in [-0.05, 0) is 42.0 Å². The number of hydrogen-bond donors (Lipinski definition) is 2. The Labute approximate surface area is 200 Å². The number of nitrogens with zero attached hydrogens (tertiary/aromatic N) is 2. The number of rotatable bonds is 9. The standard InChI is InChI=1S/C25H20N4O6/c1-34-23-8-3-2-7-22(23)28-24(30)16-35-21-11-9-17(10-12-21)13-18(15-26)25(31)27-19-5-4-6-20(14-19)29(32)33/h2-14H,16H2,1H3,(H,27,31)(H,28,30). The highest BCUT2D eigenvalue weighted by molar-refractivity contribution is 6.09. The summed E-state index contributed by atoms with van der Waals surface area (Å²) in [5.74, 6) is -0.138. The lowest BCUT2D eigenvalue weighted by Gasteiger charge is -2.10. The van der Waals surface area contributed by atoms with Crippen molar-refractivity contribution < 1.29 is 24.0 Å². The predicted molar refractivity (Wildman–Crippen MR) is 129 cm³/mol. The number of nitrogens with one attached hydrogen (secondary N) is 2. The van der Waals surface area contributed by atoms with Gasteiger partial charge in [-0.3, -0.25) is 19.7 Å². The molecule has 2 amide bonds. The van der Waals surface area contributed by atoms with E-state index in [1.165, 1.54) is 37.5 Å². The number of hydrogen-bond acceptors (Lipinski definition) is 7. The summed E-state index contributed by atoms with van der Waals surface area (Å²) < 4.78 is 10.7. The fraction of sp³-hybridized carbons (Fsp3) is 0.0800. The second-order valence-corrected chi connectivity index (χ2v) is 7.04. The van der Waals surface area contributed by atoms with Crippen LogP contribution >= 0.6 is 0 Å². The van der Waals surface area contributed by atoms with Gasteiger partial charge < -0.3 is 20.1 Å². The molecule has 0 aromatic heterocycles. The molecular formula is C25H20N4O6. The summed E-state index contributed by atoms with van der Waals surface area (Å²) >= 11 is 0. The maximum atomic E-state index is 12.4. The van der Waals surface area contributed by atoms with E-state index in [1.54, 1.807) is 48.5 Å². The second kappa shape index (κ2) is 11.6. The minimum absolute atomic E-state index is 0.183. The Morgan fingerprint density at radius 2 is 1.80 bits per heavy atom. The van der Waals surface area contributed by atoms with Crippen LogP contribution in [0.1, 0.15) is 5.56 Å². The number of ether oxygens (including phenoxy) is 2. The molecule has 35 heavy (non-hydrogen) atoms. The topological polar surface area (TPSA) is 144 Å². The first-order valence-electron chi connectivity index (χ1n) is 10.2. The van der Waals surface area contributed by atoms with Crippen LogP contribution in [0.2, 0.25) is 0 Å². The van der Waals surface area contributed by atoms with E-state index >= 15 is 0 Å². The van der Waals surface area contributed by atoms with Gasteiger partial charge in [0, 0.05) is 17.8 Å². The van der Waals surface area contributed by atoms with Crippen molar-refractivity contribution in [3.05, 3.63) is 94.0 Å². The normalized spacial score (nSPS) is 10.6. The number of para-hydroxylation sites is 2. The number of anilines is 2. The second-order valence-electron chi connectivity index (χ2n) is 7.04. The van der Waals surface area contributed by atoms with E-state index in [0.717, 1.165) is 0 Å². The first-order valence-corrected chi connectivity index (χ1v) is 10.2. The number of nitriles is 1. The number of benzene rings is 3. The molecular weight excluding hydrogens is 452 g/mol. The molecule has 0 aliphatic rings. The Morgan fingerprint density at radius 1 is 1.06 bits per heavy atom. The maximum Gasteiger partial charge on any atom is 0.271 e. The average molecular weight is 472 g/mol. The van der Waals surface area contributed by atoms with Crippen molar-refractivity contribution >= 4 is 35.0 Å². The lowest BCUT2D eigenvalue weighted by atomic mass is 10.1. The van der Waals surface area contributed by atoms with Crippen LogP contribution in [-0.4, -0.2) is 30.5 Å². The largest absolute Gasteiger partial charge is 0.495 e. The molecule has 3 rings (SSSR count). The summed E-state index contributed by atoms with van der Waals surface area (Å²) in [7, 11) is 1.51. The molecule has 0 bridgehead atoms. The molecule has 10 heteroatoms. The summed E-state index contributed by atoms with van der Waals surface area (Å²) in [5, 5.41) is 25.4. The van der Waals surface area contributed by atoms with E-state index in [4.69, 9.17) is 9.47 Å². The molecule has 0 spiro atoms. The smallest absolute Gasteiger partial charge is 0.271 e. The number of amides is 2. The highest BCUT2D eigenvalue weighted by atomic mass is 16.6. The molecule has 0 aliphatic heterocycles. The van der Waals surface area contributed by atoms with Crippen molar-refractivity contribution in [1.29, 1.82) is 5.26 Å². The van der Waals surface area contributed by atoms with Crippen LogP contribution in [0, 0.1) is 21.4 Å². The maximum absolute atomic E-state index is 12.4. The van der Waals surface area contributed by atoms with Gasteiger partial charge in [0.25, 0.3) is 17.5 Å². The van der Waals surface area contributed by atoms with E-state index in [2.05, 4.69) is 10.6 Å². The van der Waals surface area contributed by atoms with Crippen LogP contribution in [0.5, 0.6) is 11.5 Å². The molecule has 2 N–H and O–H groups in total. The van der Waals surface area contributed by atoms with E-state index in [1.807, 2.05) is 6.07 Å². The van der Waals surface area contributed by atoms with E-state index in [-0.39, 0.29) is 29.5 Å².